The molecule has 1 fully saturated rings. The Morgan fingerprint density at radius 1 is 1.33 bits per heavy atom. The summed E-state index contributed by atoms with van der Waals surface area (Å²) in [5.74, 6) is 0.00180. The van der Waals surface area contributed by atoms with Gasteiger partial charge in [0, 0.05) is 24.7 Å². The molecule has 3 N–H and O–H groups in total. The molecule has 2 unspecified atom stereocenters. The van der Waals surface area contributed by atoms with Crippen LogP contribution in [0.3, 0.4) is 0 Å². The fourth-order valence-corrected chi connectivity index (χ4v) is 2.63. The Hall–Kier alpha value is -0.850. The van der Waals surface area contributed by atoms with Crippen LogP contribution in [-0.4, -0.2) is 43.8 Å². The van der Waals surface area contributed by atoms with Gasteiger partial charge in [0.2, 0.25) is 5.91 Å². The molecule has 1 amide bonds. The maximum Gasteiger partial charge on any atom is 0.239 e. The molecule has 1 aromatic carbocycles. The summed E-state index contributed by atoms with van der Waals surface area (Å²) in [5.41, 5.74) is 1.05. The van der Waals surface area contributed by atoms with Gasteiger partial charge < -0.3 is 20.7 Å². The SMILES string of the molecule is CC(NC(C)(C)CNC(=O)C1COCCN1)c1ccccc1.Cl.Cl. The maximum absolute atomic E-state index is 12.1. The highest BCUT2D eigenvalue weighted by atomic mass is 35.5. The standard InChI is InChI=1S/C17H27N3O2.2ClH/c1-13(14-7-5-4-6-8-14)20-17(2,3)12-19-16(21)15-11-22-10-9-18-15;;/h4-8,13,15,18,20H,9-12H2,1-3H3,(H,19,21);2*1H. The number of carbonyl (C=O) groups is 1. The van der Waals surface area contributed by atoms with Crippen molar-refractivity contribution in [3.05, 3.63) is 35.9 Å². The second-order valence-corrected chi connectivity index (χ2v) is 6.46. The molecule has 0 saturated carbocycles. The predicted molar refractivity (Wildman–Crippen MR) is 102 cm³/mol. The number of halogens is 2. The quantitative estimate of drug-likeness (QED) is 0.709. The zero-order valence-electron chi connectivity index (χ0n) is 14.5. The van der Waals surface area contributed by atoms with Gasteiger partial charge >= 0.3 is 0 Å². The molecule has 0 aliphatic carbocycles. The molecular weight excluding hydrogens is 349 g/mol. The summed E-state index contributed by atoms with van der Waals surface area (Å²) in [5, 5.41) is 9.73. The Morgan fingerprint density at radius 3 is 2.58 bits per heavy atom. The van der Waals surface area contributed by atoms with Gasteiger partial charge in [-0.3, -0.25) is 4.79 Å². The topological polar surface area (TPSA) is 62.4 Å². The smallest absolute Gasteiger partial charge is 0.239 e. The molecule has 2 atom stereocenters. The van der Waals surface area contributed by atoms with Gasteiger partial charge in [-0.25, -0.2) is 0 Å². The Kier molecular flexibility index (Phi) is 10.5. The summed E-state index contributed by atoms with van der Waals surface area (Å²) in [6.07, 6.45) is 0. The Balaban J connectivity index is 0.00000264. The van der Waals surface area contributed by atoms with Crippen LogP contribution in [0.4, 0.5) is 0 Å². The normalized spacial score (nSPS) is 18.7. The second-order valence-electron chi connectivity index (χ2n) is 6.46. The van der Waals surface area contributed by atoms with Crippen LogP contribution < -0.4 is 16.0 Å². The number of morpholine rings is 1. The molecule has 24 heavy (non-hydrogen) atoms. The zero-order valence-corrected chi connectivity index (χ0v) is 16.1. The van der Waals surface area contributed by atoms with Crippen LogP contribution in [0.1, 0.15) is 32.4 Å². The van der Waals surface area contributed by atoms with E-state index in [1.807, 2.05) is 18.2 Å². The minimum atomic E-state index is -0.240. The van der Waals surface area contributed by atoms with E-state index in [0.29, 0.717) is 19.8 Å². The maximum atomic E-state index is 12.1. The molecule has 5 nitrogen and oxygen atoms in total. The van der Waals surface area contributed by atoms with Crippen molar-refractivity contribution in [3.63, 3.8) is 0 Å². The van der Waals surface area contributed by atoms with E-state index in [0.717, 1.165) is 6.54 Å². The molecule has 7 heteroatoms. The highest BCUT2D eigenvalue weighted by Crippen LogP contribution is 2.15. The third-order valence-electron chi connectivity index (χ3n) is 3.85. The van der Waals surface area contributed by atoms with Gasteiger partial charge in [0.25, 0.3) is 0 Å². The van der Waals surface area contributed by atoms with Crippen molar-refractivity contribution in [2.75, 3.05) is 26.3 Å². The van der Waals surface area contributed by atoms with Crippen molar-refractivity contribution >= 4 is 30.7 Å². The number of carbonyl (C=O) groups excluding carboxylic acids is 1. The van der Waals surface area contributed by atoms with Gasteiger partial charge in [-0.15, -0.1) is 24.8 Å². The number of hydrogen-bond acceptors (Lipinski definition) is 4. The molecule has 2 rings (SSSR count). The Bertz CT molecular complexity index is 480. The van der Waals surface area contributed by atoms with E-state index in [2.05, 4.69) is 48.9 Å². The van der Waals surface area contributed by atoms with E-state index in [4.69, 9.17) is 4.74 Å². The highest BCUT2D eigenvalue weighted by Gasteiger charge is 2.25. The van der Waals surface area contributed by atoms with Crippen LogP contribution in [0, 0.1) is 0 Å². The molecule has 1 aliphatic heterocycles. The van der Waals surface area contributed by atoms with E-state index in [-0.39, 0.29) is 48.3 Å². The second kappa shape index (κ2) is 10.9. The molecule has 0 bridgehead atoms. The van der Waals surface area contributed by atoms with Crippen molar-refractivity contribution in [3.8, 4) is 0 Å². The van der Waals surface area contributed by atoms with Gasteiger partial charge in [-0.05, 0) is 26.3 Å². The molecular formula is C17H29Cl2N3O2. The Labute approximate surface area is 157 Å². The lowest BCUT2D eigenvalue weighted by molar-refractivity contribution is -0.126. The summed E-state index contributed by atoms with van der Waals surface area (Å²) in [6.45, 7) is 8.74. The van der Waals surface area contributed by atoms with Gasteiger partial charge in [0.1, 0.15) is 6.04 Å². The van der Waals surface area contributed by atoms with E-state index < -0.39 is 0 Å². The van der Waals surface area contributed by atoms with Crippen LogP contribution in [-0.2, 0) is 9.53 Å². The van der Waals surface area contributed by atoms with Crippen LogP contribution >= 0.6 is 24.8 Å². The summed E-state index contributed by atoms with van der Waals surface area (Å²) < 4.78 is 5.32. The molecule has 1 aromatic rings. The largest absolute Gasteiger partial charge is 0.378 e. The first-order valence-electron chi connectivity index (χ1n) is 7.89. The van der Waals surface area contributed by atoms with Gasteiger partial charge in [-0.1, -0.05) is 30.3 Å². The number of amides is 1. The average molecular weight is 378 g/mol. The number of benzene rings is 1. The van der Waals surface area contributed by atoms with Crippen molar-refractivity contribution in [2.45, 2.75) is 38.4 Å². The van der Waals surface area contributed by atoms with Crippen LogP contribution in [0.2, 0.25) is 0 Å². The van der Waals surface area contributed by atoms with Gasteiger partial charge in [0.05, 0.1) is 13.2 Å². The average Bonchev–Trinajstić information content (AvgIpc) is 2.54. The third-order valence-corrected chi connectivity index (χ3v) is 3.85. The van der Waals surface area contributed by atoms with Crippen molar-refractivity contribution < 1.29 is 9.53 Å². The first-order valence-corrected chi connectivity index (χ1v) is 7.89. The lowest BCUT2D eigenvalue weighted by Crippen LogP contribution is -2.56. The van der Waals surface area contributed by atoms with Crippen LogP contribution in [0.15, 0.2) is 30.3 Å². The van der Waals surface area contributed by atoms with E-state index in [1.54, 1.807) is 0 Å². The number of nitrogens with one attached hydrogen (secondary N) is 3. The van der Waals surface area contributed by atoms with Crippen molar-refractivity contribution in [2.24, 2.45) is 0 Å². The zero-order chi connectivity index (χ0) is 16.0. The summed E-state index contributed by atoms with van der Waals surface area (Å²) >= 11 is 0. The summed E-state index contributed by atoms with van der Waals surface area (Å²) in [6, 6.07) is 10.3. The molecule has 1 saturated heterocycles. The monoisotopic (exact) mass is 377 g/mol. The minimum absolute atomic E-state index is 0. The molecule has 0 radical (unpaired) electrons. The Morgan fingerprint density at radius 2 is 2.00 bits per heavy atom. The first kappa shape index (κ1) is 23.1. The lowest BCUT2D eigenvalue weighted by atomic mass is 10.0. The van der Waals surface area contributed by atoms with Crippen molar-refractivity contribution in [1.82, 2.24) is 16.0 Å². The van der Waals surface area contributed by atoms with E-state index in [1.165, 1.54) is 5.56 Å². The van der Waals surface area contributed by atoms with Crippen LogP contribution in [0.25, 0.3) is 0 Å². The third kappa shape index (κ3) is 7.36. The molecule has 0 spiro atoms. The first-order chi connectivity index (χ1) is 10.5. The summed E-state index contributed by atoms with van der Waals surface area (Å²) in [7, 11) is 0. The predicted octanol–water partition coefficient (Wildman–Crippen LogP) is 2.06. The summed E-state index contributed by atoms with van der Waals surface area (Å²) in [4.78, 5) is 12.1. The number of hydrogen-bond donors (Lipinski definition) is 3. The molecule has 1 aliphatic rings. The van der Waals surface area contributed by atoms with Gasteiger partial charge in [-0.2, -0.15) is 0 Å². The number of ether oxygens (including phenoxy) is 1. The highest BCUT2D eigenvalue weighted by molar-refractivity contribution is 5.85. The fraction of sp³-hybridized carbons (Fsp3) is 0.588. The number of rotatable bonds is 6. The van der Waals surface area contributed by atoms with E-state index in [9.17, 15) is 4.79 Å². The molecule has 1 heterocycles. The molecule has 0 aromatic heterocycles. The molecule has 138 valence electrons. The van der Waals surface area contributed by atoms with E-state index >= 15 is 0 Å². The van der Waals surface area contributed by atoms with Gasteiger partial charge in [0.15, 0.2) is 0 Å². The van der Waals surface area contributed by atoms with Crippen LogP contribution in [0.5, 0.6) is 0 Å². The minimum Gasteiger partial charge on any atom is -0.378 e. The van der Waals surface area contributed by atoms with Crippen molar-refractivity contribution in [1.29, 1.82) is 0 Å². The lowest BCUT2D eigenvalue weighted by Gasteiger charge is -2.32. The fourth-order valence-electron chi connectivity index (χ4n) is 2.63.